The van der Waals surface area contributed by atoms with E-state index in [1.54, 1.807) is 31.3 Å². The number of carbonyl (C=O) groups excluding carboxylic acids is 1. The van der Waals surface area contributed by atoms with Crippen LogP contribution in [0, 0.1) is 5.92 Å². The number of thiophene rings is 1. The first-order chi connectivity index (χ1) is 12.7. The van der Waals surface area contributed by atoms with Gasteiger partial charge in [0.05, 0.1) is 16.5 Å². The zero-order valence-corrected chi connectivity index (χ0v) is 19.1. The third kappa shape index (κ3) is 4.99. The Hall–Kier alpha value is -1.22. The highest BCUT2D eigenvalue weighted by Gasteiger charge is 2.25. The summed E-state index contributed by atoms with van der Waals surface area (Å²) in [5.41, 5.74) is 0.311. The summed E-state index contributed by atoms with van der Waals surface area (Å²) in [6.45, 7) is 8.43. The first-order valence-electron chi connectivity index (χ1n) is 8.86. The molecule has 1 aromatic heterocycles. The van der Waals surface area contributed by atoms with Crippen molar-refractivity contribution in [2.45, 2.75) is 38.6 Å². The number of carbonyl (C=O) groups is 1. The smallest absolute Gasteiger partial charge is 0.252 e. The van der Waals surface area contributed by atoms with Gasteiger partial charge in [0, 0.05) is 22.4 Å². The molecule has 1 unspecified atom stereocenters. The molecule has 5 nitrogen and oxygen atoms in total. The lowest BCUT2D eigenvalue weighted by atomic mass is 10.0. The van der Waals surface area contributed by atoms with Gasteiger partial charge in [0.25, 0.3) is 5.91 Å². The molecule has 1 N–H and O–H groups in total. The molecule has 0 saturated heterocycles. The average molecular weight is 473 g/mol. The minimum Gasteiger partial charge on any atom is -0.344 e. The molecule has 148 valence electrons. The first-order valence-corrected chi connectivity index (χ1v) is 12.0. The van der Waals surface area contributed by atoms with Crippen molar-refractivity contribution < 1.29 is 13.2 Å². The van der Waals surface area contributed by atoms with E-state index in [9.17, 15) is 13.2 Å². The normalized spacial score (nSPS) is 13.1. The van der Waals surface area contributed by atoms with E-state index >= 15 is 0 Å². The minimum atomic E-state index is -3.63. The van der Waals surface area contributed by atoms with Gasteiger partial charge in [-0.05, 0) is 51.5 Å². The van der Waals surface area contributed by atoms with Crippen LogP contribution >= 0.6 is 27.3 Å². The SMILES string of the molecule is CCN(CC)S(=O)(=O)c1ccc(Br)c(C(=O)NC(c2cccs2)C(C)C)c1. The number of hydrogen-bond donors (Lipinski definition) is 1. The maximum atomic E-state index is 12.9. The molecule has 0 aliphatic heterocycles. The number of nitrogens with one attached hydrogen (secondary N) is 1. The Labute approximate surface area is 174 Å². The molecule has 0 saturated carbocycles. The molecule has 0 aliphatic carbocycles. The van der Waals surface area contributed by atoms with Gasteiger partial charge in [-0.1, -0.05) is 33.8 Å². The summed E-state index contributed by atoms with van der Waals surface area (Å²) in [7, 11) is -3.63. The van der Waals surface area contributed by atoms with E-state index in [0.29, 0.717) is 23.1 Å². The maximum absolute atomic E-state index is 12.9. The monoisotopic (exact) mass is 472 g/mol. The van der Waals surface area contributed by atoms with Crippen LogP contribution in [0.5, 0.6) is 0 Å². The van der Waals surface area contributed by atoms with Crippen LogP contribution in [0.2, 0.25) is 0 Å². The lowest BCUT2D eigenvalue weighted by molar-refractivity contribution is 0.0925. The fourth-order valence-electron chi connectivity index (χ4n) is 2.80. The largest absolute Gasteiger partial charge is 0.344 e. The van der Waals surface area contributed by atoms with E-state index in [-0.39, 0.29) is 22.8 Å². The number of hydrogen-bond acceptors (Lipinski definition) is 4. The topological polar surface area (TPSA) is 66.5 Å². The number of amides is 1. The summed E-state index contributed by atoms with van der Waals surface area (Å²) in [5, 5.41) is 5.02. The molecule has 0 spiro atoms. The van der Waals surface area contributed by atoms with Crippen molar-refractivity contribution in [3.05, 3.63) is 50.6 Å². The summed E-state index contributed by atoms with van der Waals surface area (Å²) < 4.78 is 27.5. The van der Waals surface area contributed by atoms with E-state index in [4.69, 9.17) is 0 Å². The van der Waals surface area contributed by atoms with Crippen molar-refractivity contribution in [2.24, 2.45) is 5.92 Å². The van der Waals surface area contributed by atoms with E-state index < -0.39 is 10.0 Å². The second-order valence-electron chi connectivity index (χ2n) is 6.44. The van der Waals surface area contributed by atoms with Gasteiger partial charge in [-0.2, -0.15) is 4.31 Å². The van der Waals surface area contributed by atoms with Crippen molar-refractivity contribution in [1.29, 1.82) is 0 Å². The van der Waals surface area contributed by atoms with Crippen LogP contribution in [0.3, 0.4) is 0 Å². The van der Waals surface area contributed by atoms with Crippen molar-refractivity contribution in [3.63, 3.8) is 0 Å². The average Bonchev–Trinajstić information content (AvgIpc) is 3.14. The molecule has 2 aromatic rings. The van der Waals surface area contributed by atoms with Gasteiger partial charge >= 0.3 is 0 Å². The fraction of sp³-hybridized carbons (Fsp3) is 0.421. The Balaban J connectivity index is 2.36. The molecule has 8 heteroatoms. The Bertz CT molecular complexity index is 876. The lowest BCUT2D eigenvalue weighted by Crippen LogP contribution is -2.32. The Morgan fingerprint density at radius 1 is 1.22 bits per heavy atom. The lowest BCUT2D eigenvalue weighted by Gasteiger charge is -2.22. The standard InChI is InChI=1S/C19H25BrN2O3S2/c1-5-22(6-2)27(24,25)14-9-10-16(20)15(12-14)19(23)21-18(13(3)4)17-8-7-11-26-17/h7-13,18H,5-6H2,1-4H3,(H,21,23). The van der Waals surface area contributed by atoms with Crippen LogP contribution in [0.1, 0.15) is 49.0 Å². The summed E-state index contributed by atoms with van der Waals surface area (Å²) in [6.07, 6.45) is 0. The second kappa shape index (κ2) is 9.32. The third-order valence-electron chi connectivity index (χ3n) is 4.33. The molecule has 1 heterocycles. The molecular weight excluding hydrogens is 448 g/mol. The van der Waals surface area contributed by atoms with Gasteiger partial charge in [-0.25, -0.2) is 8.42 Å². The molecule has 1 atom stereocenters. The zero-order chi connectivity index (χ0) is 20.2. The predicted molar refractivity (Wildman–Crippen MR) is 114 cm³/mol. The van der Waals surface area contributed by atoms with Gasteiger partial charge in [-0.3, -0.25) is 4.79 Å². The van der Waals surface area contributed by atoms with Gasteiger partial charge in [-0.15, -0.1) is 11.3 Å². The molecular formula is C19H25BrN2O3S2. The summed E-state index contributed by atoms with van der Waals surface area (Å²) in [6, 6.07) is 8.39. The van der Waals surface area contributed by atoms with Crippen LogP contribution < -0.4 is 5.32 Å². The number of rotatable bonds is 8. The maximum Gasteiger partial charge on any atom is 0.252 e. The van der Waals surface area contributed by atoms with E-state index in [1.807, 2.05) is 31.4 Å². The number of halogens is 1. The van der Waals surface area contributed by atoms with Crippen LogP contribution in [0.4, 0.5) is 0 Å². The van der Waals surface area contributed by atoms with Gasteiger partial charge < -0.3 is 5.32 Å². The molecule has 2 rings (SSSR count). The fourth-order valence-corrected chi connectivity index (χ4v) is 5.67. The highest BCUT2D eigenvalue weighted by molar-refractivity contribution is 9.10. The van der Waals surface area contributed by atoms with Crippen molar-refractivity contribution in [3.8, 4) is 0 Å². The predicted octanol–water partition coefficient (Wildman–Crippen LogP) is 4.67. The minimum absolute atomic E-state index is 0.122. The van der Waals surface area contributed by atoms with Crippen molar-refractivity contribution >= 4 is 43.2 Å². The summed E-state index contributed by atoms with van der Waals surface area (Å²) in [5.74, 6) is -0.0977. The number of sulfonamides is 1. The van der Waals surface area contributed by atoms with E-state index in [2.05, 4.69) is 21.2 Å². The zero-order valence-electron chi connectivity index (χ0n) is 15.9. The number of benzene rings is 1. The van der Waals surface area contributed by atoms with Crippen LogP contribution in [-0.2, 0) is 10.0 Å². The van der Waals surface area contributed by atoms with Crippen molar-refractivity contribution in [2.75, 3.05) is 13.1 Å². The molecule has 1 aromatic carbocycles. The molecule has 0 aliphatic rings. The highest BCUT2D eigenvalue weighted by Crippen LogP contribution is 2.28. The molecule has 0 radical (unpaired) electrons. The molecule has 0 bridgehead atoms. The van der Waals surface area contributed by atoms with Crippen LogP contribution in [0.15, 0.2) is 45.1 Å². The number of nitrogens with zero attached hydrogens (tertiary/aromatic N) is 1. The third-order valence-corrected chi connectivity index (χ3v) is 8.02. The first kappa shape index (κ1) is 22.1. The quantitative estimate of drug-likeness (QED) is 0.606. The Morgan fingerprint density at radius 2 is 1.89 bits per heavy atom. The van der Waals surface area contributed by atoms with Gasteiger partial charge in [0.2, 0.25) is 10.0 Å². The van der Waals surface area contributed by atoms with E-state index in [0.717, 1.165) is 4.88 Å². The second-order valence-corrected chi connectivity index (χ2v) is 10.2. The Morgan fingerprint density at radius 3 is 2.41 bits per heavy atom. The van der Waals surface area contributed by atoms with Crippen LogP contribution in [-0.4, -0.2) is 31.7 Å². The summed E-state index contributed by atoms with van der Waals surface area (Å²) >= 11 is 4.97. The molecule has 1 amide bonds. The van der Waals surface area contributed by atoms with Gasteiger partial charge in [0.1, 0.15) is 0 Å². The highest BCUT2D eigenvalue weighted by atomic mass is 79.9. The van der Waals surface area contributed by atoms with Gasteiger partial charge in [0.15, 0.2) is 0 Å². The van der Waals surface area contributed by atoms with Crippen LogP contribution in [0.25, 0.3) is 0 Å². The Kier molecular flexibility index (Phi) is 7.62. The molecule has 27 heavy (non-hydrogen) atoms. The van der Waals surface area contributed by atoms with E-state index in [1.165, 1.54) is 16.4 Å². The molecule has 0 fully saturated rings. The summed E-state index contributed by atoms with van der Waals surface area (Å²) in [4.78, 5) is 14.1. The van der Waals surface area contributed by atoms with Crippen molar-refractivity contribution in [1.82, 2.24) is 9.62 Å².